The molecule has 0 aromatic heterocycles. The van der Waals surface area contributed by atoms with Gasteiger partial charge in [-0.15, -0.1) is 0 Å². The number of nitrogens with zero attached hydrogens (tertiary/aromatic N) is 1. The number of carbonyl (C=O) groups is 1. The molecule has 0 atom stereocenters. The molecule has 4 heteroatoms. The first-order chi connectivity index (χ1) is 10.7. The van der Waals surface area contributed by atoms with Crippen molar-refractivity contribution >= 4 is 38.8 Å². The summed E-state index contributed by atoms with van der Waals surface area (Å²) in [5, 5.41) is 6.14. The minimum Gasteiger partial charge on any atom is -0.267 e. The van der Waals surface area contributed by atoms with Crippen molar-refractivity contribution in [3.63, 3.8) is 0 Å². The number of hydrazone groups is 1. The van der Waals surface area contributed by atoms with Crippen LogP contribution in [0.5, 0.6) is 0 Å². The molecule has 0 saturated carbocycles. The Labute approximate surface area is 136 Å². The van der Waals surface area contributed by atoms with E-state index >= 15 is 0 Å². The van der Waals surface area contributed by atoms with Gasteiger partial charge in [0, 0.05) is 10.0 Å². The quantitative estimate of drug-likeness (QED) is 0.552. The molecule has 0 aliphatic carbocycles. The molecule has 22 heavy (non-hydrogen) atoms. The first-order valence-electron chi connectivity index (χ1n) is 6.80. The second-order valence-electron chi connectivity index (χ2n) is 4.82. The summed E-state index contributed by atoms with van der Waals surface area (Å²) in [5.74, 6) is -0.225. The van der Waals surface area contributed by atoms with E-state index in [9.17, 15) is 4.79 Å². The van der Waals surface area contributed by atoms with Crippen molar-refractivity contribution in [2.75, 3.05) is 0 Å². The second-order valence-corrected chi connectivity index (χ2v) is 5.73. The van der Waals surface area contributed by atoms with Gasteiger partial charge in [-0.1, -0.05) is 58.4 Å². The summed E-state index contributed by atoms with van der Waals surface area (Å²) >= 11 is 3.39. The predicted molar refractivity (Wildman–Crippen MR) is 93.2 cm³/mol. The van der Waals surface area contributed by atoms with E-state index in [2.05, 4.69) is 26.5 Å². The van der Waals surface area contributed by atoms with Gasteiger partial charge in [0.05, 0.1) is 6.21 Å². The van der Waals surface area contributed by atoms with Crippen LogP contribution in [-0.2, 0) is 0 Å². The summed E-state index contributed by atoms with van der Waals surface area (Å²) < 4.78 is 0.970. The Kier molecular flexibility index (Phi) is 4.30. The smallest absolute Gasteiger partial charge is 0.267 e. The third-order valence-electron chi connectivity index (χ3n) is 3.24. The molecular weight excluding hydrogens is 340 g/mol. The van der Waals surface area contributed by atoms with Crippen LogP contribution >= 0.6 is 15.9 Å². The lowest BCUT2D eigenvalue weighted by molar-refractivity contribution is 0.0955. The van der Waals surface area contributed by atoms with Crippen LogP contribution in [0.2, 0.25) is 0 Å². The van der Waals surface area contributed by atoms with Crippen molar-refractivity contribution in [1.82, 2.24) is 5.43 Å². The molecule has 0 bridgehead atoms. The number of hydrogen-bond acceptors (Lipinski definition) is 2. The fourth-order valence-corrected chi connectivity index (χ4v) is 2.56. The topological polar surface area (TPSA) is 41.5 Å². The molecule has 0 heterocycles. The van der Waals surface area contributed by atoms with Gasteiger partial charge < -0.3 is 0 Å². The maximum absolute atomic E-state index is 12.1. The monoisotopic (exact) mass is 352 g/mol. The van der Waals surface area contributed by atoms with Crippen LogP contribution in [0.3, 0.4) is 0 Å². The average Bonchev–Trinajstić information content (AvgIpc) is 2.54. The lowest BCUT2D eigenvalue weighted by Crippen LogP contribution is -2.17. The Hall–Kier alpha value is -2.46. The van der Waals surface area contributed by atoms with Crippen LogP contribution in [0.25, 0.3) is 10.8 Å². The highest BCUT2D eigenvalue weighted by atomic mass is 79.9. The molecule has 108 valence electrons. The minimum absolute atomic E-state index is 0.225. The van der Waals surface area contributed by atoms with Crippen molar-refractivity contribution in [3.05, 3.63) is 82.3 Å². The lowest BCUT2D eigenvalue weighted by Gasteiger charge is -2.02. The highest BCUT2D eigenvalue weighted by Gasteiger charge is 2.04. The van der Waals surface area contributed by atoms with Gasteiger partial charge in [-0.05, 0) is 40.6 Å². The largest absolute Gasteiger partial charge is 0.271 e. The number of nitrogens with one attached hydrogen (secondary N) is 1. The van der Waals surface area contributed by atoms with Gasteiger partial charge >= 0.3 is 0 Å². The molecule has 0 spiro atoms. The summed E-state index contributed by atoms with van der Waals surface area (Å²) in [6.45, 7) is 0. The van der Waals surface area contributed by atoms with Crippen molar-refractivity contribution < 1.29 is 4.79 Å². The second kappa shape index (κ2) is 6.54. The Morgan fingerprint density at radius 1 is 0.955 bits per heavy atom. The number of carbonyl (C=O) groups excluding carboxylic acids is 1. The molecule has 3 aromatic rings. The summed E-state index contributed by atoms with van der Waals surface area (Å²) in [4.78, 5) is 12.1. The van der Waals surface area contributed by atoms with Gasteiger partial charge in [0.25, 0.3) is 5.91 Å². The Morgan fingerprint density at radius 3 is 2.59 bits per heavy atom. The van der Waals surface area contributed by atoms with Gasteiger partial charge in [0.15, 0.2) is 0 Å². The average molecular weight is 353 g/mol. The van der Waals surface area contributed by atoms with E-state index < -0.39 is 0 Å². The number of fused-ring (bicyclic) bond motifs is 1. The van der Waals surface area contributed by atoms with E-state index in [0.717, 1.165) is 20.8 Å². The fraction of sp³-hybridized carbons (Fsp3) is 0. The Bertz CT molecular complexity index is 858. The first kappa shape index (κ1) is 14.5. The zero-order valence-electron chi connectivity index (χ0n) is 11.7. The van der Waals surface area contributed by atoms with E-state index in [0.29, 0.717) is 5.56 Å². The standard InChI is InChI=1S/C18H13BrN2O/c19-17-7-3-4-13(10-17)12-20-21-18(22)16-9-8-14-5-1-2-6-15(14)11-16/h1-12H,(H,21,22)/b20-12-. The van der Waals surface area contributed by atoms with Crippen LogP contribution in [0.1, 0.15) is 15.9 Å². The van der Waals surface area contributed by atoms with Crippen LogP contribution in [0, 0.1) is 0 Å². The Balaban J connectivity index is 1.73. The molecular formula is C18H13BrN2O. The van der Waals surface area contributed by atoms with E-state index in [1.165, 1.54) is 0 Å². The van der Waals surface area contributed by atoms with Gasteiger partial charge in [-0.2, -0.15) is 5.10 Å². The molecule has 0 fully saturated rings. The normalized spacial score (nSPS) is 11.0. The molecule has 3 nitrogen and oxygen atoms in total. The molecule has 3 aromatic carbocycles. The predicted octanol–water partition coefficient (Wildman–Crippen LogP) is 4.37. The van der Waals surface area contributed by atoms with Crippen molar-refractivity contribution in [3.8, 4) is 0 Å². The SMILES string of the molecule is O=C(N/N=C\c1cccc(Br)c1)c1ccc2ccccc2c1. The fourth-order valence-electron chi connectivity index (χ4n) is 2.15. The molecule has 0 unspecified atom stereocenters. The zero-order chi connectivity index (χ0) is 15.4. The van der Waals surface area contributed by atoms with Gasteiger partial charge in [0.2, 0.25) is 0 Å². The van der Waals surface area contributed by atoms with Crippen LogP contribution in [-0.4, -0.2) is 12.1 Å². The molecule has 3 rings (SSSR count). The molecule has 1 amide bonds. The third kappa shape index (κ3) is 3.40. The molecule has 1 N–H and O–H groups in total. The summed E-state index contributed by atoms with van der Waals surface area (Å²) in [5.41, 5.74) is 4.05. The summed E-state index contributed by atoms with van der Waals surface area (Å²) in [6.07, 6.45) is 1.61. The van der Waals surface area contributed by atoms with Gasteiger partial charge in [0.1, 0.15) is 0 Å². The highest BCUT2D eigenvalue weighted by Crippen LogP contribution is 2.15. The number of rotatable bonds is 3. The molecule has 0 saturated heterocycles. The van der Waals surface area contributed by atoms with E-state index in [4.69, 9.17) is 0 Å². The summed E-state index contributed by atoms with van der Waals surface area (Å²) in [6, 6.07) is 21.2. The van der Waals surface area contributed by atoms with Crippen molar-refractivity contribution in [2.24, 2.45) is 5.10 Å². The van der Waals surface area contributed by atoms with E-state index in [1.54, 1.807) is 12.3 Å². The minimum atomic E-state index is -0.225. The van der Waals surface area contributed by atoms with Crippen molar-refractivity contribution in [1.29, 1.82) is 0 Å². The van der Waals surface area contributed by atoms with Crippen molar-refractivity contribution in [2.45, 2.75) is 0 Å². The molecule has 0 aliphatic rings. The highest BCUT2D eigenvalue weighted by molar-refractivity contribution is 9.10. The number of halogens is 1. The zero-order valence-corrected chi connectivity index (χ0v) is 13.2. The summed E-state index contributed by atoms with van der Waals surface area (Å²) in [7, 11) is 0. The maximum Gasteiger partial charge on any atom is 0.271 e. The maximum atomic E-state index is 12.1. The lowest BCUT2D eigenvalue weighted by atomic mass is 10.1. The molecule has 0 aliphatic heterocycles. The number of amides is 1. The van der Waals surface area contributed by atoms with Gasteiger partial charge in [-0.25, -0.2) is 5.43 Å². The van der Waals surface area contributed by atoms with Gasteiger partial charge in [-0.3, -0.25) is 4.79 Å². The van der Waals surface area contributed by atoms with Crippen LogP contribution in [0.4, 0.5) is 0 Å². The van der Waals surface area contributed by atoms with E-state index in [1.807, 2.05) is 60.7 Å². The Morgan fingerprint density at radius 2 is 1.77 bits per heavy atom. The first-order valence-corrected chi connectivity index (χ1v) is 7.59. The number of hydrogen-bond donors (Lipinski definition) is 1. The number of benzene rings is 3. The van der Waals surface area contributed by atoms with Crippen LogP contribution < -0.4 is 5.43 Å². The third-order valence-corrected chi connectivity index (χ3v) is 3.73. The van der Waals surface area contributed by atoms with E-state index in [-0.39, 0.29) is 5.91 Å². The van der Waals surface area contributed by atoms with Crippen LogP contribution in [0.15, 0.2) is 76.3 Å². The molecule has 0 radical (unpaired) electrons.